The molecule has 0 saturated heterocycles. The van der Waals surface area contributed by atoms with Crippen LogP contribution in [-0.4, -0.2) is 52.5 Å². The molecule has 1 aromatic carbocycles. The monoisotopic (exact) mass is 475 g/mol. The van der Waals surface area contributed by atoms with Gasteiger partial charge in [-0.1, -0.05) is 30.3 Å². The van der Waals surface area contributed by atoms with Crippen molar-refractivity contribution in [2.24, 2.45) is 4.99 Å². The van der Waals surface area contributed by atoms with Crippen molar-refractivity contribution in [3.63, 3.8) is 0 Å². The van der Waals surface area contributed by atoms with E-state index in [1.165, 1.54) is 18.4 Å². The molecule has 0 heterocycles. The summed E-state index contributed by atoms with van der Waals surface area (Å²) in [6, 6.07) is 10.8. The van der Waals surface area contributed by atoms with Crippen LogP contribution in [0.3, 0.4) is 0 Å². The van der Waals surface area contributed by atoms with Crippen LogP contribution >= 0.6 is 24.0 Å². The first kappa shape index (κ1) is 23.2. The van der Waals surface area contributed by atoms with Crippen LogP contribution in [0.15, 0.2) is 35.3 Å². The van der Waals surface area contributed by atoms with Gasteiger partial charge in [0.15, 0.2) is 5.96 Å². The lowest BCUT2D eigenvalue weighted by Gasteiger charge is -2.16. The first-order valence-electron chi connectivity index (χ1n) is 9.45. The molecule has 26 heavy (non-hydrogen) atoms. The maximum atomic E-state index is 5.48. The van der Waals surface area contributed by atoms with Gasteiger partial charge in [-0.15, -0.1) is 24.0 Å². The van der Waals surface area contributed by atoms with Crippen LogP contribution in [-0.2, 0) is 14.9 Å². The molecule has 148 valence electrons. The van der Waals surface area contributed by atoms with Crippen molar-refractivity contribution in [3.05, 3.63) is 35.9 Å². The molecule has 1 aliphatic rings. The number of hydrogen-bond donors (Lipinski definition) is 2. The number of ether oxygens (including phenoxy) is 2. The fourth-order valence-electron chi connectivity index (χ4n) is 2.83. The van der Waals surface area contributed by atoms with Crippen molar-refractivity contribution in [2.75, 3.05) is 46.6 Å². The molecule has 6 heteroatoms. The van der Waals surface area contributed by atoms with Gasteiger partial charge in [-0.25, -0.2) is 0 Å². The van der Waals surface area contributed by atoms with Crippen molar-refractivity contribution in [1.82, 2.24) is 10.6 Å². The fraction of sp³-hybridized carbons (Fsp3) is 0.650. The van der Waals surface area contributed by atoms with Gasteiger partial charge in [0.2, 0.25) is 0 Å². The molecule has 5 nitrogen and oxygen atoms in total. The average Bonchev–Trinajstić information content (AvgIpc) is 3.44. The Morgan fingerprint density at radius 3 is 2.50 bits per heavy atom. The van der Waals surface area contributed by atoms with Gasteiger partial charge in [-0.05, 0) is 38.2 Å². The molecule has 0 atom stereocenters. The van der Waals surface area contributed by atoms with Crippen LogP contribution in [0, 0.1) is 0 Å². The molecule has 0 unspecified atom stereocenters. The van der Waals surface area contributed by atoms with Crippen LogP contribution in [0.4, 0.5) is 0 Å². The predicted molar refractivity (Wildman–Crippen MR) is 119 cm³/mol. The molecule has 0 aromatic heterocycles. The number of halogens is 1. The van der Waals surface area contributed by atoms with E-state index in [0.717, 1.165) is 45.0 Å². The van der Waals surface area contributed by atoms with Crippen molar-refractivity contribution >= 4 is 29.9 Å². The molecule has 2 rings (SSSR count). The van der Waals surface area contributed by atoms with E-state index in [4.69, 9.17) is 14.5 Å². The first-order valence-corrected chi connectivity index (χ1v) is 9.45. The maximum absolute atomic E-state index is 5.48. The SMILES string of the molecule is CCNC(=NCC1(c2ccccc2)CC1)NCCCCOCCOC.I. The third-order valence-electron chi connectivity index (χ3n) is 4.56. The lowest BCUT2D eigenvalue weighted by Crippen LogP contribution is -2.38. The minimum Gasteiger partial charge on any atom is -0.382 e. The number of hydrogen-bond acceptors (Lipinski definition) is 3. The minimum absolute atomic E-state index is 0. The molecule has 1 aliphatic carbocycles. The number of methoxy groups -OCH3 is 1. The summed E-state index contributed by atoms with van der Waals surface area (Å²) in [6.07, 6.45) is 4.59. The number of aliphatic imine (C=N–C) groups is 1. The third-order valence-corrected chi connectivity index (χ3v) is 4.56. The molecular weight excluding hydrogens is 441 g/mol. The second kappa shape index (κ2) is 13.3. The Bertz CT molecular complexity index is 507. The Labute approximate surface area is 175 Å². The predicted octanol–water partition coefficient (Wildman–Crippen LogP) is 3.33. The van der Waals surface area contributed by atoms with Gasteiger partial charge in [0.1, 0.15) is 0 Å². The lowest BCUT2D eigenvalue weighted by atomic mass is 9.96. The van der Waals surface area contributed by atoms with E-state index >= 15 is 0 Å². The molecule has 0 amide bonds. The summed E-state index contributed by atoms with van der Waals surface area (Å²) >= 11 is 0. The van der Waals surface area contributed by atoms with E-state index in [9.17, 15) is 0 Å². The molecule has 0 spiro atoms. The number of nitrogens with zero attached hydrogens (tertiary/aromatic N) is 1. The zero-order valence-electron chi connectivity index (χ0n) is 16.1. The number of rotatable bonds is 12. The van der Waals surface area contributed by atoms with Crippen molar-refractivity contribution < 1.29 is 9.47 Å². The first-order chi connectivity index (χ1) is 12.3. The summed E-state index contributed by atoms with van der Waals surface area (Å²) in [6.45, 7) is 6.88. The Balaban J connectivity index is 0.00000338. The minimum atomic E-state index is 0. The summed E-state index contributed by atoms with van der Waals surface area (Å²) in [7, 11) is 1.69. The zero-order valence-corrected chi connectivity index (χ0v) is 18.5. The topological polar surface area (TPSA) is 54.9 Å². The van der Waals surface area contributed by atoms with Crippen LogP contribution < -0.4 is 10.6 Å². The maximum Gasteiger partial charge on any atom is 0.191 e. The van der Waals surface area contributed by atoms with E-state index in [1.54, 1.807) is 7.11 Å². The second-order valence-electron chi connectivity index (χ2n) is 6.58. The van der Waals surface area contributed by atoms with Gasteiger partial charge >= 0.3 is 0 Å². The van der Waals surface area contributed by atoms with Gasteiger partial charge in [-0.2, -0.15) is 0 Å². The number of benzene rings is 1. The van der Waals surface area contributed by atoms with E-state index < -0.39 is 0 Å². The van der Waals surface area contributed by atoms with Gasteiger partial charge < -0.3 is 20.1 Å². The summed E-state index contributed by atoms with van der Waals surface area (Å²) in [5, 5.41) is 6.78. The summed E-state index contributed by atoms with van der Waals surface area (Å²) < 4.78 is 10.4. The molecule has 0 aliphatic heterocycles. The van der Waals surface area contributed by atoms with Crippen molar-refractivity contribution in [2.45, 2.75) is 38.0 Å². The van der Waals surface area contributed by atoms with Gasteiger partial charge in [0.25, 0.3) is 0 Å². The summed E-state index contributed by atoms with van der Waals surface area (Å²) in [5.41, 5.74) is 1.68. The largest absolute Gasteiger partial charge is 0.382 e. The van der Waals surface area contributed by atoms with E-state index in [0.29, 0.717) is 13.2 Å². The van der Waals surface area contributed by atoms with E-state index in [2.05, 4.69) is 47.9 Å². The fourth-order valence-corrected chi connectivity index (χ4v) is 2.83. The Kier molecular flexibility index (Phi) is 11.9. The van der Waals surface area contributed by atoms with Crippen LogP contribution in [0.2, 0.25) is 0 Å². The molecule has 1 saturated carbocycles. The van der Waals surface area contributed by atoms with Crippen LogP contribution in [0.25, 0.3) is 0 Å². The molecule has 2 N–H and O–H groups in total. The average molecular weight is 475 g/mol. The van der Waals surface area contributed by atoms with Crippen LogP contribution in [0.1, 0.15) is 38.2 Å². The highest BCUT2D eigenvalue weighted by Gasteiger charge is 2.43. The quantitative estimate of drug-likeness (QED) is 0.211. The summed E-state index contributed by atoms with van der Waals surface area (Å²) in [5.74, 6) is 0.921. The lowest BCUT2D eigenvalue weighted by molar-refractivity contribution is 0.0689. The highest BCUT2D eigenvalue weighted by atomic mass is 127. The van der Waals surface area contributed by atoms with Crippen LogP contribution in [0.5, 0.6) is 0 Å². The van der Waals surface area contributed by atoms with Crippen molar-refractivity contribution in [3.8, 4) is 0 Å². The Morgan fingerprint density at radius 2 is 1.85 bits per heavy atom. The van der Waals surface area contributed by atoms with E-state index in [1.807, 2.05) is 0 Å². The molecular formula is C20H34IN3O2. The zero-order chi connectivity index (χ0) is 17.8. The number of guanidine groups is 1. The highest BCUT2D eigenvalue weighted by molar-refractivity contribution is 14.0. The third kappa shape index (κ3) is 8.22. The number of nitrogens with one attached hydrogen (secondary N) is 2. The molecule has 1 fully saturated rings. The second-order valence-corrected chi connectivity index (χ2v) is 6.58. The molecule has 0 radical (unpaired) electrons. The standard InChI is InChI=1S/C20H33N3O2.HI/c1-3-21-19(22-13-7-8-14-25-16-15-24-2)23-17-20(11-12-20)18-9-5-4-6-10-18;/h4-6,9-10H,3,7-8,11-17H2,1-2H3,(H2,21,22,23);1H. The summed E-state index contributed by atoms with van der Waals surface area (Å²) in [4.78, 5) is 4.83. The van der Waals surface area contributed by atoms with Crippen molar-refractivity contribution in [1.29, 1.82) is 0 Å². The highest BCUT2D eigenvalue weighted by Crippen LogP contribution is 2.48. The van der Waals surface area contributed by atoms with E-state index in [-0.39, 0.29) is 29.4 Å². The molecule has 1 aromatic rings. The normalized spacial score (nSPS) is 15.2. The van der Waals surface area contributed by atoms with Gasteiger partial charge in [0, 0.05) is 32.2 Å². The van der Waals surface area contributed by atoms with Gasteiger partial charge in [-0.3, -0.25) is 4.99 Å². The van der Waals surface area contributed by atoms with Gasteiger partial charge in [0.05, 0.1) is 19.8 Å². The molecule has 0 bridgehead atoms. The number of unbranched alkanes of at least 4 members (excludes halogenated alkanes) is 1. The Morgan fingerprint density at radius 1 is 1.08 bits per heavy atom. The Hall–Kier alpha value is -0.860. The smallest absolute Gasteiger partial charge is 0.191 e.